The predicted octanol–water partition coefficient (Wildman–Crippen LogP) is 3.37. The van der Waals surface area contributed by atoms with Crippen molar-refractivity contribution >= 4 is 23.4 Å². The number of amides is 1. The number of benzene rings is 1. The van der Waals surface area contributed by atoms with Crippen LogP contribution < -0.4 is 5.32 Å². The van der Waals surface area contributed by atoms with Crippen LogP contribution in [0.25, 0.3) is 11.1 Å². The van der Waals surface area contributed by atoms with Crippen LogP contribution in [0.1, 0.15) is 39.0 Å². The van der Waals surface area contributed by atoms with Crippen LogP contribution in [0.5, 0.6) is 0 Å². The molecule has 180 valence electrons. The van der Waals surface area contributed by atoms with Crippen LogP contribution in [-0.2, 0) is 39.9 Å². The quantitative estimate of drug-likeness (QED) is 0.558. The van der Waals surface area contributed by atoms with Gasteiger partial charge in [-0.3, -0.25) is 14.2 Å². The summed E-state index contributed by atoms with van der Waals surface area (Å²) in [4.78, 5) is 26.4. The molecule has 2 aromatic heterocycles. The van der Waals surface area contributed by atoms with Crippen molar-refractivity contribution in [3.63, 3.8) is 0 Å². The first kappa shape index (κ1) is 23.5. The Kier molecular flexibility index (Phi) is 6.16. The van der Waals surface area contributed by atoms with Gasteiger partial charge in [-0.25, -0.2) is 9.18 Å². The number of carbonyl (C=O) groups excluding carboxylic acids is 2. The van der Waals surface area contributed by atoms with E-state index in [1.165, 1.54) is 13.0 Å². The molecule has 1 N–H and O–H groups in total. The molecule has 10 heteroatoms. The number of nitrogens with one attached hydrogen (secondary N) is 1. The lowest BCUT2D eigenvalue weighted by Crippen LogP contribution is -2.41. The van der Waals surface area contributed by atoms with E-state index in [2.05, 4.69) is 15.5 Å². The first-order valence-electron chi connectivity index (χ1n) is 11.2. The number of rotatable bonds is 6. The topological polar surface area (TPSA) is 94.3 Å². The third kappa shape index (κ3) is 4.27. The van der Waals surface area contributed by atoms with Gasteiger partial charge in [0.1, 0.15) is 5.82 Å². The number of aryl methyl sites for hydroxylation is 1. The molecule has 1 amide bonds. The van der Waals surface area contributed by atoms with E-state index in [0.29, 0.717) is 30.9 Å². The highest BCUT2D eigenvalue weighted by Crippen LogP contribution is 2.34. The molecule has 0 spiro atoms. The van der Waals surface area contributed by atoms with Crippen molar-refractivity contribution < 1.29 is 18.7 Å². The molecule has 9 nitrogen and oxygen atoms in total. The molecule has 0 saturated carbocycles. The molecule has 0 fully saturated rings. The molecule has 0 saturated heterocycles. The summed E-state index contributed by atoms with van der Waals surface area (Å²) in [6, 6.07) is 4.88. The fourth-order valence-corrected chi connectivity index (χ4v) is 4.14. The summed E-state index contributed by atoms with van der Waals surface area (Å²) in [6.07, 6.45) is 4.01. The van der Waals surface area contributed by atoms with Crippen molar-refractivity contribution in [1.29, 1.82) is 0 Å². The molecule has 3 aromatic rings. The predicted molar refractivity (Wildman–Crippen MR) is 125 cm³/mol. The van der Waals surface area contributed by atoms with Crippen molar-refractivity contribution in [2.75, 3.05) is 18.5 Å². The number of hydrogen-bond acceptors (Lipinski definition) is 6. The number of carbonyl (C=O) groups is 2. The van der Waals surface area contributed by atoms with Crippen LogP contribution in [-0.4, -0.2) is 49.5 Å². The van der Waals surface area contributed by atoms with Gasteiger partial charge in [0.05, 0.1) is 25.0 Å². The number of anilines is 2. The highest BCUT2D eigenvalue weighted by Gasteiger charge is 2.38. The molecule has 0 radical (unpaired) electrons. The lowest BCUT2D eigenvalue weighted by Gasteiger charge is -2.30. The molecule has 0 atom stereocenters. The minimum Gasteiger partial charge on any atom is -0.464 e. The van der Waals surface area contributed by atoms with Crippen molar-refractivity contribution in [3.05, 3.63) is 47.7 Å². The summed E-state index contributed by atoms with van der Waals surface area (Å²) < 4.78 is 23.6. The number of halogens is 1. The Bertz CT molecular complexity index is 1250. The lowest BCUT2D eigenvalue weighted by atomic mass is 10.0. The normalized spacial score (nSPS) is 13.5. The highest BCUT2D eigenvalue weighted by atomic mass is 19.1. The van der Waals surface area contributed by atoms with Gasteiger partial charge in [-0.15, -0.1) is 0 Å². The van der Waals surface area contributed by atoms with Crippen LogP contribution in [0, 0.1) is 5.82 Å². The van der Waals surface area contributed by atoms with Gasteiger partial charge < -0.3 is 15.0 Å². The van der Waals surface area contributed by atoms with Gasteiger partial charge >= 0.3 is 5.97 Å². The van der Waals surface area contributed by atoms with E-state index >= 15 is 4.39 Å². The number of esters is 1. The largest absolute Gasteiger partial charge is 0.464 e. The summed E-state index contributed by atoms with van der Waals surface area (Å²) in [5.74, 6) is -0.506. The standard InChI is InChI=1S/C24H29FN6O3/c1-6-34-23(33)24(3,4)31-21-9-10-30(15(2)32)14-18(21)22(28-31)27-20-8-7-16(11-19(20)25)17-12-26-29(5)13-17/h7-8,11-13H,6,9-10,14H2,1-5H3,(H,27,28). The zero-order valence-electron chi connectivity index (χ0n) is 20.1. The molecule has 34 heavy (non-hydrogen) atoms. The van der Waals surface area contributed by atoms with Gasteiger partial charge in [-0.05, 0) is 38.5 Å². The first-order valence-corrected chi connectivity index (χ1v) is 11.2. The number of fused-ring (bicyclic) bond motifs is 1. The van der Waals surface area contributed by atoms with E-state index in [1.807, 2.05) is 6.20 Å². The average molecular weight is 469 g/mol. The zero-order valence-corrected chi connectivity index (χ0v) is 20.1. The Morgan fingerprint density at radius 1 is 1.26 bits per heavy atom. The molecular weight excluding hydrogens is 439 g/mol. The van der Waals surface area contributed by atoms with Crippen molar-refractivity contribution in [1.82, 2.24) is 24.5 Å². The summed E-state index contributed by atoms with van der Waals surface area (Å²) in [7, 11) is 1.80. The number of nitrogens with zero attached hydrogens (tertiary/aromatic N) is 5. The Morgan fingerprint density at radius 2 is 2.03 bits per heavy atom. The van der Waals surface area contributed by atoms with E-state index in [-0.39, 0.29) is 18.2 Å². The Balaban J connectivity index is 1.72. The minimum absolute atomic E-state index is 0.0546. The van der Waals surface area contributed by atoms with E-state index in [4.69, 9.17) is 4.74 Å². The number of ether oxygens (including phenoxy) is 1. The zero-order chi connectivity index (χ0) is 24.6. The van der Waals surface area contributed by atoms with Crippen molar-refractivity contribution in [2.45, 2.75) is 46.2 Å². The second kappa shape index (κ2) is 8.92. The van der Waals surface area contributed by atoms with E-state index in [1.54, 1.807) is 60.4 Å². The third-order valence-electron chi connectivity index (χ3n) is 6.07. The fourth-order valence-electron chi connectivity index (χ4n) is 4.14. The van der Waals surface area contributed by atoms with Crippen molar-refractivity contribution in [3.8, 4) is 11.1 Å². The molecule has 1 aliphatic heterocycles. The van der Waals surface area contributed by atoms with Crippen LogP contribution >= 0.6 is 0 Å². The number of aromatic nitrogens is 4. The Labute approximate surface area is 197 Å². The molecule has 0 unspecified atom stereocenters. The second-order valence-corrected chi connectivity index (χ2v) is 8.88. The maximum absolute atomic E-state index is 15.1. The van der Waals surface area contributed by atoms with Crippen LogP contribution in [0.2, 0.25) is 0 Å². The monoisotopic (exact) mass is 468 g/mol. The minimum atomic E-state index is -1.07. The maximum Gasteiger partial charge on any atom is 0.333 e. The molecule has 0 bridgehead atoms. The van der Waals surface area contributed by atoms with E-state index in [0.717, 1.165) is 16.8 Å². The first-order chi connectivity index (χ1) is 16.1. The van der Waals surface area contributed by atoms with Crippen molar-refractivity contribution in [2.24, 2.45) is 7.05 Å². The van der Waals surface area contributed by atoms with Crippen LogP contribution in [0.4, 0.5) is 15.9 Å². The highest BCUT2D eigenvalue weighted by molar-refractivity contribution is 5.79. The molecule has 4 rings (SSSR count). The lowest BCUT2D eigenvalue weighted by molar-refractivity contribution is -0.152. The maximum atomic E-state index is 15.1. The summed E-state index contributed by atoms with van der Waals surface area (Å²) >= 11 is 0. The summed E-state index contributed by atoms with van der Waals surface area (Å²) in [6.45, 7) is 7.83. The Morgan fingerprint density at radius 3 is 2.65 bits per heavy atom. The third-order valence-corrected chi connectivity index (χ3v) is 6.07. The number of hydrogen-bond donors (Lipinski definition) is 1. The van der Waals surface area contributed by atoms with Gasteiger partial charge in [0, 0.05) is 50.0 Å². The summed E-state index contributed by atoms with van der Waals surface area (Å²) in [5.41, 5.74) is 2.27. The second-order valence-electron chi connectivity index (χ2n) is 8.88. The fraction of sp³-hybridized carbons (Fsp3) is 0.417. The van der Waals surface area contributed by atoms with E-state index in [9.17, 15) is 9.59 Å². The summed E-state index contributed by atoms with van der Waals surface area (Å²) in [5, 5.41) is 11.9. The van der Waals surface area contributed by atoms with E-state index < -0.39 is 17.3 Å². The molecule has 1 aliphatic rings. The van der Waals surface area contributed by atoms with Gasteiger partial charge in [0.2, 0.25) is 5.91 Å². The molecule has 3 heterocycles. The molecule has 1 aromatic carbocycles. The van der Waals surface area contributed by atoms with Gasteiger partial charge in [-0.1, -0.05) is 6.07 Å². The van der Waals surface area contributed by atoms with Crippen LogP contribution in [0.15, 0.2) is 30.6 Å². The average Bonchev–Trinajstić information content (AvgIpc) is 3.39. The SMILES string of the molecule is CCOC(=O)C(C)(C)n1nc(Nc2ccc(-c3cnn(C)c3)cc2F)c2c1CCN(C(C)=O)C2. The van der Waals surface area contributed by atoms with Gasteiger partial charge in [0.15, 0.2) is 11.4 Å². The Hall–Kier alpha value is -3.69. The molecule has 0 aliphatic carbocycles. The smallest absolute Gasteiger partial charge is 0.333 e. The molecular formula is C24H29FN6O3. The van der Waals surface area contributed by atoms with Gasteiger partial charge in [0.25, 0.3) is 0 Å². The van der Waals surface area contributed by atoms with Crippen LogP contribution in [0.3, 0.4) is 0 Å². The van der Waals surface area contributed by atoms with Gasteiger partial charge in [-0.2, -0.15) is 10.2 Å².